The Kier molecular flexibility index (Phi) is 4.60. The molecule has 2 unspecified atom stereocenters. The maximum atomic E-state index is 14.0. The predicted molar refractivity (Wildman–Crippen MR) is 76.9 cm³/mol. The Bertz CT molecular complexity index is 558. The number of likely N-dealkylation sites (tertiary alicyclic amines) is 1. The summed E-state index contributed by atoms with van der Waals surface area (Å²) in [6.07, 6.45) is 3.03. The van der Waals surface area contributed by atoms with Crippen molar-refractivity contribution in [1.29, 1.82) is 0 Å². The van der Waals surface area contributed by atoms with Crippen LogP contribution in [0.5, 0.6) is 0 Å². The molecule has 0 bridgehead atoms. The van der Waals surface area contributed by atoms with Gasteiger partial charge in [0.15, 0.2) is 0 Å². The Hall–Kier alpha value is -1.91. The van der Waals surface area contributed by atoms with Gasteiger partial charge < -0.3 is 10.0 Å². The van der Waals surface area contributed by atoms with E-state index in [1.54, 1.807) is 4.90 Å². The average molecular weight is 293 g/mol. The molecule has 1 N–H and O–H groups in total. The molecule has 1 aliphatic rings. The molecule has 0 aliphatic carbocycles. The number of hydrogen-bond donors (Lipinski definition) is 1. The van der Waals surface area contributed by atoms with Crippen LogP contribution in [0, 0.1) is 11.7 Å². The van der Waals surface area contributed by atoms with Crippen LogP contribution >= 0.6 is 0 Å². The van der Waals surface area contributed by atoms with Crippen molar-refractivity contribution in [1.82, 2.24) is 4.90 Å². The molecule has 1 heterocycles. The Balaban J connectivity index is 2.28. The number of carboxylic acids is 1. The van der Waals surface area contributed by atoms with Crippen molar-refractivity contribution in [2.75, 3.05) is 6.54 Å². The molecular formula is C16H20FNO3. The zero-order valence-corrected chi connectivity index (χ0v) is 12.3. The van der Waals surface area contributed by atoms with Crippen molar-refractivity contribution in [2.45, 2.75) is 39.2 Å². The van der Waals surface area contributed by atoms with Gasteiger partial charge in [-0.15, -0.1) is 0 Å². The van der Waals surface area contributed by atoms with Gasteiger partial charge in [0.2, 0.25) is 0 Å². The molecule has 114 valence electrons. The predicted octanol–water partition coefficient (Wildman–Crippen LogP) is 3.17. The van der Waals surface area contributed by atoms with E-state index in [0.717, 1.165) is 25.3 Å². The number of amides is 1. The minimum Gasteiger partial charge on any atom is -0.478 e. The highest BCUT2D eigenvalue weighted by molar-refractivity contribution is 5.96. The van der Waals surface area contributed by atoms with Crippen molar-refractivity contribution in [3.05, 3.63) is 35.1 Å². The van der Waals surface area contributed by atoms with E-state index in [1.165, 1.54) is 12.1 Å². The van der Waals surface area contributed by atoms with Gasteiger partial charge in [-0.25, -0.2) is 9.18 Å². The number of carbonyl (C=O) groups excluding carboxylic acids is 1. The van der Waals surface area contributed by atoms with E-state index in [2.05, 4.69) is 6.92 Å². The number of carboxylic acid groups (broad SMARTS) is 1. The molecule has 21 heavy (non-hydrogen) atoms. The summed E-state index contributed by atoms with van der Waals surface area (Å²) in [4.78, 5) is 25.1. The van der Waals surface area contributed by atoms with Crippen molar-refractivity contribution < 1.29 is 19.1 Å². The fourth-order valence-corrected chi connectivity index (χ4v) is 2.78. The molecule has 2 atom stereocenters. The topological polar surface area (TPSA) is 57.6 Å². The summed E-state index contributed by atoms with van der Waals surface area (Å²) in [6, 6.07) is 3.51. The fraction of sp³-hybridized carbons (Fsp3) is 0.500. The molecule has 1 aromatic carbocycles. The Labute approximate surface area is 123 Å². The van der Waals surface area contributed by atoms with Gasteiger partial charge in [-0.2, -0.15) is 0 Å². The second kappa shape index (κ2) is 6.24. The Morgan fingerprint density at radius 3 is 2.62 bits per heavy atom. The smallest absolute Gasteiger partial charge is 0.335 e. The first-order valence-corrected chi connectivity index (χ1v) is 7.24. The first-order valence-electron chi connectivity index (χ1n) is 7.24. The second-order valence-corrected chi connectivity index (χ2v) is 5.84. The van der Waals surface area contributed by atoms with Crippen LogP contribution in [0.1, 0.15) is 53.8 Å². The average Bonchev–Trinajstić information content (AvgIpc) is 2.59. The lowest BCUT2D eigenvalue weighted by atomic mass is 10.1. The van der Waals surface area contributed by atoms with Crippen LogP contribution in [0.4, 0.5) is 4.39 Å². The molecule has 1 amide bonds. The zero-order valence-electron chi connectivity index (χ0n) is 12.3. The number of carbonyl (C=O) groups is 2. The number of nitrogens with zero attached hydrogens (tertiary/aromatic N) is 1. The second-order valence-electron chi connectivity index (χ2n) is 5.84. The molecule has 1 aromatic rings. The van der Waals surface area contributed by atoms with Gasteiger partial charge in [-0.1, -0.05) is 13.3 Å². The Morgan fingerprint density at radius 1 is 1.29 bits per heavy atom. The number of hydrogen-bond acceptors (Lipinski definition) is 2. The summed E-state index contributed by atoms with van der Waals surface area (Å²) in [5.74, 6) is -1.94. The first kappa shape index (κ1) is 15.5. The molecule has 0 spiro atoms. The van der Waals surface area contributed by atoms with E-state index >= 15 is 0 Å². The number of benzene rings is 1. The highest BCUT2D eigenvalue weighted by atomic mass is 19.1. The van der Waals surface area contributed by atoms with Crippen LogP contribution in [0.15, 0.2) is 18.2 Å². The molecule has 1 aliphatic heterocycles. The van der Waals surface area contributed by atoms with Crippen molar-refractivity contribution in [2.24, 2.45) is 5.92 Å². The molecule has 1 fully saturated rings. The van der Waals surface area contributed by atoms with E-state index < -0.39 is 11.8 Å². The molecule has 0 radical (unpaired) electrons. The van der Waals surface area contributed by atoms with Crippen molar-refractivity contribution >= 4 is 11.9 Å². The lowest BCUT2D eigenvalue weighted by molar-refractivity contribution is 0.0665. The SMILES string of the molecule is CC1CCCC(C)N(C(=O)c2ccc(C(=O)O)cc2F)C1. The maximum Gasteiger partial charge on any atom is 0.335 e. The molecule has 0 saturated carbocycles. The summed E-state index contributed by atoms with van der Waals surface area (Å²) < 4.78 is 14.0. The van der Waals surface area contributed by atoms with Crippen LogP contribution in [-0.4, -0.2) is 34.5 Å². The summed E-state index contributed by atoms with van der Waals surface area (Å²) in [5.41, 5.74) is -0.206. The molecule has 1 saturated heterocycles. The van der Waals surface area contributed by atoms with Crippen LogP contribution in [0.2, 0.25) is 0 Å². The zero-order chi connectivity index (χ0) is 15.6. The van der Waals surface area contributed by atoms with E-state index in [-0.39, 0.29) is 23.1 Å². The van der Waals surface area contributed by atoms with Gasteiger partial charge in [0, 0.05) is 12.6 Å². The maximum absolute atomic E-state index is 14.0. The number of aromatic carboxylic acids is 1. The van der Waals surface area contributed by atoms with Gasteiger partial charge in [0.1, 0.15) is 5.82 Å². The van der Waals surface area contributed by atoms with Gasteiger partial charge >= 0.3 is 5.97 Å². The Morgan fingerprint density at radius 2 is 2.00 bits per heavy atom. The van der Waals surface area contributed by atoms with Crippen molar-refractivity contribution in [3.63, 3.8) is 0 Å². The lowest BCUT2D eigenvalue weighted by Gasteiger charge is -2.29. The van der Waals surface area contributed by atoms with Gasteiger partial charge in [-0.3, -0.25) is 4.79 Å². The van der Waals surface area contributed by atoms with Crippen LogP contribution in [0.3, 0.4) is 0 Å². The summed E-state index contributed by atoms with van der Waals surface area (Å²) in [7, 11) is 0. The summed E-state index contributed by atoms with van der Waals surface area (Å²) in [6.45, 7) is 4.67. The quantitative estimate of drug-likeness (QED) is 0.911. The normalized spacial score (nSPS) is 22.7. The van der Waals surface area contributed by atoms with Crippen LogP contribution < -0.4 is 0 Å². The first-order chi connectivity index (χ1) is 9.90. The minimum atomic E-state index is -1.20. The third-order valence-corrected chi connectivity index (χ3v) is 4.07. The molecule has 0 aromatic heterocycles. The molecule has 4 nitrogen and oxygen atoms in total. The molecule has 5 heteroatoms. The van der Waals surface area contributed by atoms with Gasteiger partial charge in [0.25, 0.3) is 5.91 Å². The van der Waals surface area contributed by atoms with E-state index in [0.29, 0.717) is 12.5 Å². The van der Waals surface area contributed by atoms with E-state index in [4.69, 9.17) is 5.11 Å². The molecule has 2 rings (SSSR count). The monoisotopic (exact) mass is 293 g/mol. The summed E-state index contributed by atoms with van der Waals surface area (Å²) >= 11 is 0. The largest absolute Gasteiger partial charge is 0.478 e. The fourth-order valence-electron chi connectivity index (χ4n) is 2.78. The standard InChI is InChI=1S/C16H20FNO3/c1-10-4-3-5-11(2)18(9-10)15(19)13-7-6-12(16(20)21)8-14(13)17/h6-8,10-11H,3-5,9H2,1-2H3,(H,20,21). The number of halogens is 1. The van der Waals surface area contributed by atoms with Crippen LogP contribution in [0.25, 0.3) is 0 Å². The van der Waals surface area contributed by atoms with Gasteiger partial charge in [0.05, 0.1) is 11.1 Å². The van der Waals surface area contributed by atoms with Gasteiger partial charge in [-0.05, 0) is 43.9 Å². The highest BCUT2D eigenvalue weighted by Gasteiger charge is 2.27. The van der Waals surface area contributed by atoms with Crippen LogP contribution in [-0.2, 0) is 0 Å². The third-order valence-electron chi connectivity index (χ3n) is 4.07. The summed E-state index contributed by atoms with van der Waals surface area (Å²) in [5, 5.41) is 8.84. The highest BCUT2D eigenvalue weighted by Crippen LogP contribution is 2.23. The van der Waals surface area contributed by atoms with Crippen molar-refractivity contribution in [3.8, 4) is 0 Å². The number of rotatable bonds is 2. The lowest BCUT2D eigenvalue weighted by Crippen LogP contribution is -2.40. The third kappa shape index (κ3) is 3.40. The van der Waals surface area contributed by atoms with E-state index in [9.17, 15) is 14.0 Å². The van der Waals surface area contributed by atoms with E-state index in [1.807, 2.05) is 6.92 Å². The molecular weight excluding hydrogens is 273 g/mol. The minimum absolute atomic E-state index is 0.0547.